The molecule has 0 bridgehead atoms. The zero-order valence-electron chi connectivity index (χ0n) is 14.9. The molecule has 2 aromatic rings. The summed E-state index contributed by atoms with van der Waals surface area (Å²) in [5.41, 5.74) is -1.77. The van der Waals surface area contributed by atoms with Crippen LogP contribution in [0.2, 0.25) is 0 Å². The molecule has 1 aliphatic rings. The van der Waals surface area contributed by atoms with Gasteiger partial charge in [-0.15, -0.1) is 0 Å². The van der Waals surface area contributed by atoms with Gasteiger partial charge in [-0.05, 0) is 30.3 Å². The molecule has 0 saturated carbocycles. The highest BCUT2D eigenvalue weighted by molar-refractivity contribution is 5.89. The van der Waals surface area contributed by atoms with E-state index in [1.807, 2.05) is 0 Å². The molecule has 2 amide bonds. The summed E-state index contributed by atoms with van der Waals surface area (Å²) in [5.74, 6) is -0.210. The van der Waals surface area contributed by atoms with E-state index >= 15 is 0 Å². The number of piperazine rings is 1. The van der Waals surface area contributed by atoms with Crippen molar-refractivity contribution >= 4 is 17.5 Å². The predicted molar refractivity (Wildman–Crippen MR) is 93.5 cm³/mol. The molecule has 0 atom stereocenters. The van der Waals surface area contributed by atoms with Gasteiger partial charge in [-0.2, -0.15) is 26.3 Å². The third-order valence-electron chi connectivity index (χ3n) is 4.40. The van der Waals surface area contributed by atoms with Gasteiger partial charge in [0.25, 0.3) is 0 Å². The Bertz CT molecular complexity index is 875. The number of aromatic nitrogens is 1. The molecule has 156 valence electrons. The average Bonchev–Trinajstić information content (AvgIpc) is 2.67. The van der Waals surface area contributed by atoms with E-state index < -0.39 is 29.5 Å². The van der Waals surface area contributed by atoms with E-state index in [2.05, 4.69) is 10.3 Å². The molecule has 1 aromatic heterocycles. The van der Waals surface area contributed by atoms with Crippen molar-refractivity contribution in [1.82, 2.24) is 9.88 Å². The third kappa shape index (κ3) is 4.90. The van der Waals surface area contributed by atoms with Gasteiger partial charge < -0.3 is 15.1 Å². The molecule has 11 heteroatoms. The highest BCUT2D eigenvalue weighted by Crippen LogP contribution is 2.35. The van der Waals surface area contributed by atoms with Gasteiger partial charge in [-0.25, -0.2) is 9.78 Å². The van der Waals surface area contributed by atoms with E-state index in [9.17, 15) is 31.1 Å². The van der Waals surface area contributed by atoms with Crippen LogP contribution < -0.4 is 10.2 Å². The maximum absolute atomic E-state index is 13.1. The first-order valence-electron chi connectivity index (χ1n) is 8.56. The van der Waals surface area contributed by atoms with Crippen molar-refractivity contribution in [3.05, 3.63) is 53.7 Å². The van der Waals surface area contributed by atoms with Gasteiger partial charge in [0, 0.05) is 38.1 Å². The zero-order valence-corrected chi connectivity index (χ0v) is 14.9. The minimum Gasteiger partial charge on any atom is -0.353 e. The first kappa shape index (κ1) is 20.7. The fraction of sp³-hybridized carbons (Fsp3) is 0.333. The van der Waals surface area contributed by atoms with E-state index in [0.29, 0.717) is 0 Å². The Morgan fingerprint density at radius 1 is 0.931 bits per heavy atom. The second-order valence-electron chi connectivity index (χ2n) is 6.36. The Hall–Kier alpha value is -2.98. The molecule has 1 aliphatic heterocycles. The number of pyridine rings is 1. The molecule has 5 nitrogen and oxygen atoms in total. The number of amides is 2. The summed E-state index contributed by atoms with van der Waals surface area (Å²) in [5, 5.41) is 2.39. The van der Waals surface area contributed by atoms with Crippen molar-refractivity contribution in [2.45, 2.75) is 12.4 Å². The number of hydrogen-bond acceptors (Lipinski definition) is 3. The van der Waals surface area contributed by atoms with Crippen molar-refractivity contribution in [2.75, 3.05) is 36.4 Å². The third-order valence-corrected chi connectivity index (χ3v) is 4.40. The Balaban J connectivity index is 1.64. The smallest absolute Gasteiger partial charge is 0.353 e. The number of anilines is 2. The van der Waals surface area contributed by atoms with Crippen LogP contribution in [-0.4, -0.2) is 42.1 Å². The van der Waals surface area contributed by atoms with E-state index in [0.717, 1.165) is 18.2 Å². The van der Waals surface area contributed by atoms with Gasteiger partial charge in [0.15, 0.2) is 0 Å². The largest absolute Gasteiger partial charge is 0.419 e. The first-order valence-corrected chi connectivity index (χ1v) is 8.56. The molecule has 1 N–H and O–H groups in total. The molecule has 1 aromatic carbocycles. The quantitative estimate of drug-likeness (QED) is 0.732. The number of halogens is 6. The lowest BCUT2D eigenvalue weighted by Gasteiger charge is -2.36. The summed E-state index contributed by atoms with van der Waals surface area (Å²) >= 11 is 0. The van der Waals surface area contributed by atoms with Crippen LogP contribution in [0.4, 0.5) is 42.6 Å². The van der Waals surface area contributed by atoms with Gasteiger partial charge in [-0.1, -0.05) is 6.07 Å². The van der Waals surface area contributed by atoms with Crippen LogP contribution in [0.5, 0.6) is 0 Å². The van der Waals surface area contributed by atoms with Crippen molar-refractivity contribution in [3.63, 3.8) is 0 Å². The molecular formula is C18H16F6N4O. The number of benzene rings is 1. The summed E-state index contributed by atoms with van der Waals surface area (Å²) in [4.78, 5) is 18.9. The van der Waals surface area contributed by atoms with Gasteiger partial charge >= 0.3 is 18.4 Å². The number of alkyl halides is 6. The average molecular weight is 418 g/mol. The minimum absolute atomic E-state index is 0.0173. The molecule has 1 fully saturated rings. The lowest BCUT2D eigenvalue weighted by atomic mass is 10.2. The predicted octanol–water partition coefficient (Wildman–Crippen LogP) is 4.47. The number of carbonyl (C=O) groups excluding carboxylic acids is 1. The molecule has 2 heterocycles. The van der Waals surface area contributed by atoms with Gasteiger partial charge in [0.1, 0.15) is 5.82 Å². The summed E-state index contributed by atoms with van der Waals surface area (Å²) in [6, 6.07) is 5.72. The second kappa shape index (κ2) is 7.80. The Labute approximate surface area is 161 Å². The van der Waals surface area contributed by atoms with Gasteiger partial charge in [-0.3, -0.25) is 0 Å². The van der Waals surface area contributed by atoms with E-state index in [1.165, 1.54) is 34.2 Å². The Kier molecular flexibility index (Phi) is 5.58. The molecule has 1 saturated heterocycles. The normalized spacial score (nSPS) is 15.4. The number of rotatable bonds is 2. The summed E-state index contributed by atoms with van der Waals surface area (Å²) in [6.07, 6.45) is -7.83. The molecule has 0 radical (unpaired) electrons. The first-order chi connectivity index (χ1) is 13.6. The molecule has 0 unspecified atom stereocenters. The number of nitrogens with zero attached hydrogens (tertiary/aromatic N) is 3. The van der Waals surface area contributed by atoms with Crippen LogP contribution in [0, 0.1) is 0 Å². The standard InChI is InChI=1S/C18H16F6N4O/c19-17(20,21)12-3-1-4-13(11-12)26-16(29)28-9-7-27(8-10-28)15-14(18(22,23)24)5-2-6-25-15/h1-6,11H,7-10H2,(H,26,29). The van der Waals surface area contributed by atoms with E-state index in [4.69, 9.17) is 0 Å². The fourth-order valence-electron chi connectivity index (χ4n) is 2.97. The molecule has 0 aliphatic carbocycles. The van der Waals surface area contributed by atoms with Crippen LogP contribution in [0.3, 0.4) is 0 Å². The SMILES string of the molecule is O=C(Nc1cccc(C(F)(F)F)c1)N1CCN(c2ncccc2C(F)(F)F)CC1. The van der Waals surface area contributed by atoms with E-state index in [1.54, 1.807) is 0 Å². The van der Waals surface area contributed by atoms with Crippen LogP contribution in [0.15, 0.2) is 42.6 Å². The summed E-state index contributed by atoms with van der Waals surface area (Å²) < 4.78 is 77.7. The van der Waals surface area contributed by atoms with Crippen LogP contribution in [0.1, 0.15) is 11.1 Å². The fourth-order valence-corrected chi connectivity index (χ4v) is 2.97. The van der Waals surface area contributed by atoms with Crippen molar-refractivity contribution in [2.24, 2.45) is 0 Å². The van der Waals surface area contributed by atoms with Crippen LogP contribution >= 0.6 is 0 Å². The van der Waals surface area contributed by atoms with Gasteiger partial charge in [0.05, 0.1) is 11.1 Å². The minimum atomic E-state index is -4.55. The topological polar surface area (TPSA) is 48.5 Å². The summed E-state index contributed by atoms with van der Waals surface area (Å²) in [6.45, 7) is 0.406. The maximum Gasteiger partial charge on any atom is 0.419 e. The number of nitrogens with one attached hydrogen (secondary N) is 1. The van der Waals surface area contributed by atoms with E-state index in [-0.39, 0.29) is 37.7 Å². The molecule has 29 heavy (non-hydrogen) atoms. The monoisotopic (exact) mass is 418 g/mol. The number of carbonyl (C=O) groups is 1. The Morgan fingerprint density at radius 3 is 2.24 bits per heavy atom. The Morgan fingerprint density at radius 2 is 1.62 bits per heavy atom. The molecule has 3 rings (SSSR count). The highest BCUT2D eigenvalue weighted by Gasteiger charge is 2.36. The highest BCUT2D eigenvalue weighted by atomic mass is 19.4. The lowest BCUT2D eigenvalue weighted by molar-refractivity contribution is -0.138. The molecule has 0 spiro atoms. The number of urea groups is 1. The second-order valence-corrected chi connectivity index (χ2v) is 6.36. The van der Waals surface area contributed by atoms with Gasteiger partial charge in [0.2, 0.25) is 0 Å². The van der Waals surface area contributed by atoms with Crippen molar-refractivity contribution in [1.29, 1.82) is 0 Å². The zero-order chi connectivity index (χ0) is 21.2. The van der Waals surface area contributed by atoms with Crippen molar-refractivity contribution in [3.8, 4) is 0 Å². The van der Waals surface area contributed by atoms with Crippen LogP contribution in [-0.2, 0) is 12.4 Å². The number of hydrogen-bond donors (Lipinski definition) is 1. The van der Waals surface area contributed by atoms with Crippen LogP contribution in [0.25, 0.3) is 0 Å². The summed E-state index contributed by atoms with van der Waals surface area (Å²) in [7, 11) is 0. The molecular weight excluding hydrogens is 402 g/mol. The van der Waals surface area contributed by atoms with Crippen molar-refractivity contribution < 1.29 is 31.1 Å². The maximum atomic E-state index is 13.1. The lowest BCUT2D eigenvalue weighted by Crippen LogP contribution is -2.50.